The average Bonchev–Trinajstić information content (AvgIpc) is 2.61. The molecule has 15 heavy (non-hydrogen) atoms. The van der Waals surface area contributed by atoms with Crippen LogP contribution in [0.3, 0.4) is 0 Å². The molecule has 1 fully saturated rings. The van der Waals surface area contributed by atoms with Gasteiger partial charge in [-0.2, -0.15) is 0 Å². The Morgan fingerprint density at radius 1 is 1.33 bits per heavy atom. The SMILES string of the molecule is Cc1nc(CCN)sc1C1CCCCC1. The van der Waals surface area contributed by atoms with Crippen molar-refractivity contribution in [1.29, 1.82) is 0 Å². The molecular formula is C12H20N2S. The molecule has 0 amide bonds. The Hall–Kier alpha value is -0.410. The van der Waals surface area contributed by atoms with Crippen LogP contribution in [0.5, 0.6) is 0 Å². The highest BCUT2D eigenvalue weighted by molar-refractivity contribution is 7.11. The fraction of sp³-hybridized carbons (Fsp3) is 0.750. The van der Waals surface area contributed by atoms with Crippen molar-refractivity contribution >= 4 is 11.3 Å². The lowest BCUT2D eigenvalue weighted by atomic mass is 9.88. The van der Waals surface area contributed by atoms with E-state index in [0.717, 1.165) is 18.9 Å². The van der Waals surface area contributed by atoms with Crippen molar-refractivity contribution in [2.45, 2.75) is 51.4 Å². The van der Waals surface area contributed by atoms with E-state index in [1.807, 2.05) is 11.3 Å². The molecule has 1 aromatic rings. The number of thiazole rings is 1. The summed E-state index contributed by atoms with van der Waals surface area (Å²) in [6.45, 7) is 2.87. The molecule has 0 spiro atoms. The Balaban J connectivity index is 2.11. The predicted molar refractivity (Wildman–Crippen MR) is 65.4 cm³/mol. The summed E-state index contributed by atoms with van der Waals surface area (Å²) in [7, 11) is 0. The summed E-state index contributed by atoms with van der Waals surface area (Å²) >= 11 is 1.90. The monoisotopic (exact) mass is 224 g/mol. The van der Waals surface area contributed by atoms with Gasteiger partial charge in [0.25, 0.3) is 0 Å². The van der Waals surface area contributed by atoms with Gasteiger partial charge in [-0.15, -0.1) is 11.3 Å². The fourth-order valence-electron chi connectivity index (χ4n) is 2.44. The number of aryl methyl sites for hydroxylation is 1. The van der Waals surface area contributed by atoms with Gasteiger partial charge in [-0.3, -0.25) is 0 Å². The summed E-state index contributed by atoms with van der Waals surface area (Å²) in [6, 6.07) is 0. The molecule has 0 radical (unpaired) electrons. The van der Waals surface area contributed by atoms with Gasteiger partial charge in [0, 0.05) is 11.3 Å². The van der Waals surface area contributed by atoms with Crippen LogP contribution in [0.1, 0.15) is 53.6 Å². The van der Waals surface area contributed by atoms with Crippen LogP contribution in [0.4, 0.5) is 0 Å². The van der Waals surface area contributed by atoms with Gasteiger partial charge in [0.2, 0.25) is 0 Å². The molecule has 0 saturated heterocycles. The smallest absolute Gasteiger partial charge is 0.0943 e. The lowest BCUT2D eigenvalue weighted by molar-refractivity contribution is 0.446. The Morgan fingerprint density at radius 3 is 2.73 bits per heavy atom. The number of nitrogens with two attached hydrogens (primary N) is 1. The summed E-state index contributed by atoms with van der Waals surface area (Å²) in [5, 5.41) is 1.23. The van der Waals surface area contributed by atoms with Crippen molar-refractivity contribution in [3.63, 3.8) is 0 Å². The Morgan fingerprint density at radius 2 is 2.07 bits per heavy atom. The van der Waals surface area contributed by atoms with Crippen molar-refractivity contribution in [1.82, 2.24) is 4.98 Å². The van der Waals surface area contributed by atoms with Crippen LogP contribution >= 0.6 is 11.3 Å². The van der Waals surface area contributed by atoms with Crippen LogP contribution in [0, 0.1) is 6.92 Å². The van der Waals surface area contributed by atoms with E-state index in [-0.39, 0.29) is 0 Å². The second kappa shape index (κ2) is 5.08. The molecule has 1 aliphatic carbocycles. The third-order valence-electron chi connectivity index (χ3n) is 3.21. The molecule has 1 saturated carbocycles. The summed E-state index contributed by atoms with van der Waals surface area (Å²) in [6.07, 6.45) is 7.89. The molecule has 1 aromatic heterocycles. The number of hydrogen-bond acceptors (Lipinski definition) is 3. The van der Waals surface area contributed by atoms with Gasteiger partial charge < -0.3 is 5.73 Å². The maximum atomic E-state index is 5.56. The second-order valence-electron chi connectivity index (χ2n) is 4.43. The molecule has 1 heterocycles. The first-order chi connectivity index (χ1) is 7.31. The van der Waals surface area contributed by atoms with Crippen molar-refractivity contribution in [3.05, 3.63) is 15.6 Å². The lowest BCUT2D eigenvalue weighted by Crippen LogP contribution is -2.03. The van der Waals surface area contributed by atoms with E-state index in [1.165, 1.54) is 47.7 Å². The molecular weight excluding hydrogens is 204 g/mol. The van der Waals surface area contributed by atoms with E-state index in [2.05, 4.69) is 11.9 Å². The molecule has 0 bridgehead atoms. The lowest BCUT2D eigenvalue weighted by Gasteiger charge is -2.20. The van der Waals surface area contributed by atoms with E-state index in [4.69, 9.17) is 5.73 Å². The van der Waals surface area contributed by atoms with E-state index in [0.29, 0.717) is 0 Å². The Labute approximate surface area is 95.9 Å². The van der Waals surface area contributed by atoms with Gasteiger partial charge in [-0.1, -0.05) is 19.3 Å². The zero-order valence-corrected chi connectivity index (χ0v) is 10.3. The highest BCUT2D eigenvalue weighted by atomic mass is 32.1. The molecule has 2 nitrogen and oxygen atoms in total. The standard InChI is InChI=1S/C12H20N2S/c1-9-12(10-5-3-2-4-6-10)15-11(14-9)7-8-13/h10H,2-8,13H2,1H3. The first-order valence-electron chi connectivity index (χ1n) is 5.97. The van der Waals surface area contributed by atoms with Crippen molar-refractivity contribution in [2.24, 2.45) is 5.73 Å². The summed E-state index contributed by atoms with van der Waals surface area (Å²) in [4.78, 5) is 6.15. The van der Waals surface area contributed by atoms with Crippen LogP contribution in [0.25, 0.3) is 0 Å². The van der Waals surface area contributed by atoms with E-state index < -0.39 is 0 Å². The normalized spacial score (nSPS) is 18.3. The molecule has 2 rings (SSSR count). The third kappa shape index (κ3) is 2.58. The summed E-state index contributed by atoms with van der Waals surface area (Å²) in [5.41, 5.74) is 6.82. The van der Waals surface area contributed by atoms with E-state index in [9.17, 15) is 0 Å². The van der Waals surface area contributed by atoms with Crippen molar-refractivity contribution in [3.8, 4) is 0 Å². The zero-order valence-electron chi connectivity index (χ0n) is 9.46. The molecule has 2 N–H and O–H groups in total. The largest absolute Gasteiger partial charge is 0.330 e. The molecule has 0 atom stereocenters. The Bertz CT molecular complexity index is 313. The number of rotatable bonds is 3. The number of aromatic nitrogens is 1. The van der Waals surface area contributed by atoms with Crippen LogP contribution in [-0.2, 0) is 6.42 Å². The van der Waals surface area contributed by atoms with Gasteiger partial charge in [-0.25, -0.2) is 4.98 Å². The van der Waals surface area contributed by atoms with E-state index in [1.54, 1.807) is 0 Å². The van der Waals surface area contributed by atoms with Crippen LogP contribution in [0.2, 0.25) is 0 Å². The minimum Gasteiger partial charge on any atom is -0.330 e. The third-order valence-corrected chi connectivity index (χ3v) is 4.59. The first kappa shape index (κ1) is 11.1. The number of hydrogen-bond donors (Lipinski definition) is 1. The highest BCUT2D eigenvalue weighted by Crippen LogP contribution is 2.37. The summed E-state index contributed by atoms with van der Waals surface area (Å²) < 4.78 is 0. The van der Waals surface area contributed by atoms with Gasteiger partial charge in [0.1, 0.15) is 0 Å². The molecule has 3 heteroatoms. The molecule has 84 valence electrons. The predicted octanol–water partition coefficient (Wildman–Crippen LogP) is 3.00. The van der Waals surface area contributed by atoms with Crippen molar-refractivity contribution in [2.75, 3.05) is 6.54 Å². The molecule has 0 unspecified atom stereocenters. The molecule has 1 aliphatic rings. The quantitative estimate of drug-likeness (QED) is 0.857. The zero-order chi connectivity index (χ0) is 10.7. The van der Waals surface area contributed by atoms with Gasteiger partial charge >= 0.3 is 0 Å². The van der Waals surface area contributed by atoms with Crippen LogP contribution in [0.15, 0.2) is 0 Å². The Kier molecular flexibility index (Phi) is 3.76. The van der Waals surface area contributed by atoms with Crippen LogP contribution < -0.4 is 5.73 Å². The molecule has 0 aliphatic heterocycles. The summed E-state index contributed by atoms with van der Waals surface area (Å²) in [5.74, 6) is 0.794. The minimum atomic E-state index is 0.719. The maximum Gasteiger partial charge on any atom is 0.0943 e. The van der Waals surface area contributed by atoms with E-state index >= 15 is 0 Å². The topological polar surface area (TPSA) is 38.9 Å². The fourth-order valence-corrected chi connectivity index (χ4v) is 3.69. The second-order valence-corrected chi connectivity index (χ2v) is 5.55. The number of nitrogens with zero attached hydrogens (tertiary/aromatic N) is 1. The molecule has 0 aromatic carbocycles. The van der Waals surface area contributed by atoms with Gasteiger partial charge in [0.15, 0.2) is 0 Å². The van der Waals surface area contributed by atoms with Gasteiger partial charge in [-0.05, 0) is 32.2 Å². The van der Waals surface area contributed by atoms with Crippen molar-refractivity contribution < 1.29 is 0 Å². The van der Waals surface area contributed by atoms with Gasteiger partial charge in [0.05, 0.1) is 10.7 Å². The first-order valence-corrected chi connectivity index (χ1v) is 6.79. The minimum absolute atomic E-state index is 0.719. The average molecular weight is 224 g/mol. The highest BCUT2D eigenvalue weighted by Gasteiger charge is 2.20. The van der Waals surface area contributed by atoms with Crippen LogP contribution in [-0.4, -0.2) is 11.5 Å². The maximum absolute atomic E-state index is 5.56.